The molecule has 2 rings (SSSR count). The number of hydrogen-bond donors (Lipinski definition) is 2. The Hall–Kier alpha value is -0.920. The second-order valence-electron chi connectivity index (χ2n) is 5.49. The Bertz CT molecular complexity index is 666. The molecule has 1 aromatic rings. The molecule has 5 nitrogen and oxygen atoms in total. The van der Waals surface area contributed by atoms with Crippen LogP contribution in [-0.4, -0.2) is 19.9 Å². The first-order valence-corrected chi connectivity index (χ1v) is 8.62. The van der Waals surface area contributed by atoms with Gasteiger partial charge in [-0.2, -0.15) is 0 Å². The number of benzene rings is 1. The smallest absolute Gasteiger partial charge is 0.252 e. The van der Waals surface area contributed by atoms with E-state index in [0.29, 0.717) is 15.6 Å². The lowest BCUT2D eigenvalue weighted by Crippen LogP contribution is -2.51. The van der Waals surface area contributed by atoms with E-state index < -0.39 is 10.0 Å². The van der Waals surface area contributed by atoms with E-state index in [0.717, 1.165) is 19.3 Å². The number of carbonyl (C=O) groups is 1. The van der Waals surface area contributed by atoms with Crippen LogP contribution in [0.3, 0.4) is 0 Å². The lowest BCUT2D eigenvalue weighted by molar-refractivity contribution is 0.0849. The molecule has 1 aliphatic carbocycles. The van der Waals surface area contributed by atoms with Crippen molar-refractivity contribution < 1.29 is 13.2 Å². The fourth-order valence-corrected chi connectivity index (χ4v) is 3.80. The molecule has 7 heteroatoms. The van der Waals surface area contributed by atoms with Crippen LogP contribution < -0.4 is 10.5 Å². The van der Waals surface area contributed by atoms with Crippen molar-refractivity contribution >= 4 is 31.9 Å². The van der Waals surface area contributed by atoms with Gasteiger partial charge in [0.2, 0.25) is 10.0 Å². The van der Waals surface area contributed by atoms with Crippen LogP contribution in [0.2, 0.25) is 0 Å². The van der Waals surface area contributed by atoms with Gasteiger partial charge in [-0.3, -0.25) is 4.79 Å². The van der Waals surface area contributed by atoms with Gasteiger partial charge < -0.3 is 5.32 Å². The van der Waals surface area contributed by atoms with E-state index in [1.165, 1.54) is 6.07 Å². The zero-order valence-corrected chi connectivity index (χ0v) is 13.8. The minimum atomic E-state index is -3.86. The van der Waals surface area contributed by atoms with Crippen LogP contribution in [0, 0.1) is 6.92 Å². The van der Waals surface area contributed by atoms with E-state index >= 15 is 0 Å². The number of nitrogens with two attached hydrogens (primary N) is 1. The van der Waals surface area contributed by atoms with Gasteiger partial charge in [0.1, 0.15) is 0 Å². The first kappa shape index (κ1) is 15.5. The number of amides is 1. The van der Waals surface area contributed by atoms with Crippen molar-refractivity contribution in [1.29, 1.82) is 0 Å². The van der Waals surface area contributed by atoms with Gasteiger partial charge in [0, 0.05) is 15.6 Å². The molecule has 1 aliphatic rings. The second-order valence-corrected chi connectivity index (χ2v) is 7.94. The van der Waals surface area contributed by atoms with Crippen LogP contribution in [0.15, 0.2) is 21.5 Å². The van der Waals surface area contributed by atoms with Crippen molar-refractivity contribution in [2.75, 3.05) is 0 Å². The molecule has 1 fully saturated rings. The molecule has 0 heterocycles. The Kier molecular flexibility index (Phi) is 3.96. The van der Waals surface area contributed by atoms with Crippen LogP contribution in [0.25, 0.3) is 0 Å². The van der Waals surface area contributed by atoms with Crippen molar-refractivity contribution in [3.63, 3.8) is 0 Å². The van der Waals surface area contributed by atoms with Gasteiger partial charge in [-0.25, -0.2) is 13.6 Å². The van der Waals surface area contributed by atoms with Crippen molar-refractivity contribution in [2.45, 2.75) is 43.5 Å². The molecule has 1 amide bonds. The van der Waals surface area contributed by atoms with E-state index in [2.05, 4.69) is 21.2 Å². The number of nitrogens with one attached hydrogen (secondary N) is 1. The Morgan fingerprint density at radius 2 is 2.00 bits per heavy atom. The molecular weight excluding hydrogens is 344 g/mol. The van der Waals surface area contributed by atoms with Crippen molar-refractivity contribution in [1.82, 2.24) is 5.32 Å². The summed E-state index contributed by atoms with van der Waals surface area (Å²) in [5.41, 5.74) is 0.515. The van der Waals surface area contributed by atoms with Gasteiger partial charge in [0.15, 0.2) is 0 Å². The Morgan fingerprint density at radius 1 is 1.40 bits per heavy atom. The third-order valence-corrected chi connectivity index (χ3v) is 5.24. The monoisotopic (exact) mass is 360 g/mol. The third-order valence-electron chi connectivity index (χ3n) is 3.75. The minimum Gasteiger partial charge on any atom is -0.347 e. The van der Waals surface area contributed by atoms with Gasteiger partial charge in [0.25, 0.3) is 5.91 Å². The molecule has 0 aliphatic heterocycles. The number of halogens is 1. The van der Waals surface area contributed by atoms with Crippen molar-refractivity contribution in [2.24, 2.45) is 5.14 Å². The zero-order valence-electron chi connectivity index (χ0n) is 11.4. The summed E-state index contributed by atoms with van der Waals surface area (Å²) in [6.07, 6.45) is 2.97. The maximum absolute atomic E-state index is 12.3. The predicted molar refractivity (Wildman–Crippen MR) is 80.0 cm³/mol. The Morgan fingerprint density at radius 3 is 2.45 bits per heavy atom. The van der Waals surface area contributed by atoms with Crippen LogP contribution in [0.4, 0.5) is 0 Å². The van der Waals surface area contributed by atoms with E-state index in [9.17, 15) is 13.2 Å². The Labute approximate surface area is 127 Å². The summed E-state index contributed by atoms with van der Waals surface area (Å²) in [6.45, 7) is 3.58. The minimum absolute atomic E-state index is 0.0317. The highest BCUT2D eigenvalue weighted by Crippen LogP contribution is 2.32. The quantitative estimate of drug-likeness (QED) is 0.864. The van der Waals surface area contributed by atoms with Crippen LogP contribution in [0.1, 0.15) is 42.1 Å². The van der Waals surface area contributed by atoms with E-state index in [4.69, 9.17) is 5.14 Å². The zero-order chi connectivity index (χ0) is 15.1. The molecule has 3 N–H and O–H groups in total. The van der Waals surface area contributed by atoms with Crippen molar-refractivity contribution in [3.8, 4) is 0 Å². The van der Waals surface area contributed by atoms with Gasteiger partial charge >= 0.3 is 0 Å². The number of primary sulfonamides is 1. The highest BCUT2D eigenvalue weighted by molar-refractivity contribution is 9.10. The molecule has 0 radical (unpaired) electrons. The summed E-state index contributed by atoms with van der Waals surface area (Å²) >= 11 is 3.22. The number of sulfonamides is 1. The standard InChI is InChI=1S/C13H17BrN2O3S/c1-8-10(12(17)16-13(2)4-3-5-13)6-9(14)7-11(8)20(15,18)19/h6-7H,3-5H2,1-2H3,(H,16,17)(H2,15,18,19). The number of hydrogen-bond acceptors (Lipinski definition) is 3. The molecule has 1 aromatic carbocycles. The molecule has 0 aromatic heterocycles. The average Bonchev–Trinajstić information content (AvgIpc) is 2.28. The molecule has 0 atom stereocenters. The summed E-state index contributed by atoms with van der Waals surface area (Å²) in [6, 6.07) is 3.02. The summed E-state index contributed by atoms with van der Waals surface area (Å²) in [5.74, 6) is -0.268. The molecule has 1 saturated carbocycles. The SMILES string of the molecule is Cc1c(C(=O)NC2(C)CCC2)cc(Br)cc1S(N)(=O)=O. The highest BCUT2D eigenvalue weighted by atomic mass is 79.9. The van der Waals surface area contributed by atoms with Crippen molar-refractivity contribution in [3.05, 3.63) is 27.7 Å². The average molecular weight is 361 g/mol. The van der Waals surface area contributed by atoms with Crippen LogP contribution >= 0.6 is 15.9 Å². The molecule has 110 valence electrons. The number of rotatable bonds is 3. The first-order chi connectivity index (χ1) is 9.12. The van der Waals surface area contributed by atoms with Crippen LogP contribution in [-0.2, 0) is 10.0 Å². The molecule has 0 spiro atoms. The van der Waals surface area contributed by atoms with E-state index in [1.54, 1.807) is 13.0 Å². The van der Waals surface area contributed by atoms with E-state index in [-0.39, 0.29) is 16.3 Å². The summed E-state index contributed by atoms with van der Waals surface area (Å²) < 4.78 is 23.6. The van der Waals surface area contributed by atoms with Crippen LogP contribution in [0.5, 0.6) is 0 Å². The largest absolute Gasteiger partial charge is 0.347 e. The normalized spacial score (nSPS) is 17.4. The third kappa shape index (κ3) is 3.05. The number of carbonyl (C=O) groups excluding carboxylic acids is 1. The molecule has 0 saturated heterocycles. The molecule has 0 unspecified atom stereocenters. The molecule has 0 bridgehead atoms. The Balaban J connectivity index is 2.41. The fraction of sp³-hybridized carbons (Fsp3) is 0.462. The van der Waals surface area contributed by atoms with Gasteiger partial charge in [-0.1, -0.05) is 15.9 Å². The van der Waals surface area contributed by atoms with Gasteiger partial charge in [0.05, 0.1) is 4.90 Å². The second kappa shape index (κ2) is 5.13. The molecular formula is C13H17BrN2O3S. The topological polar surface area (TPSA) is 89.3 Å². The highest BCUT2D eigenvalue weighted by Gasteiger charge is 2.34. The summed E-state index contributed by atoms with van der Waals surface area (Å²) in [7, 11) is -3.86. The first-order valence-electron chi connectivity index (χ1n) is 6.28. The van der Waals surface area contributed by atoms with E-state index in [1.807, 2.05) is 6.92 Å². The summed E-state index contributed by atoms with van der Waals surface area (Å²) in [5, 5.41) is 8.14. The van der Waals surface area contributed by atoms with Gasteiger partial charge in [-0.15, -0.1) is 0 Å². The van der Waals surface area contributed by atoms with Gasteiger partial charge in [-0.05, 0) is 50.8 Å². The summed E-state index contributed by atoms with van der Waals surface area (Å²) in [4.78, 5) is 12.3. The lowest BCUT2D eigenvalue weighted by atomic mass is 9.78. The lowest BCUT2D eigenvalue weighted by Gasteiger charge is -2.39. The molecule has 20 heavy (non-hydrogen) atoms. The maximum Gasteiger partial charge on any atom is 0.252 e. The predicted octanol–water partition coefficient (Wildman–Crippen LogP) is 2.08. The fourth-order valence-electron chi connectivity index (χ4n) is 2.36. The maximum atomic E-state index is 12.3.